The lowest BCUT2D eigenvalue weighted by atomic mass is 10.1. The van der Waals surface area contributed by atoms with Crippen LogP contribution < -0.4 is 10.6 Å². The number of nitrogens with zero attached hydrogens (tertiary/aromatic N) is 2. The Kier molecular flexibility index (Phi) is 4.60. The average molecular weight is 399 g/mol. The number of hydrogen-bond acceptors (Lipinski definition) is 3. The fraction of sp³-hybridized carbons (Fsp3) is 0.150. The van der Waals surface area contributed by atoms with E-state index in [-0.39, 0.29) is 24.1 Å². The van der Waals surface area contributed by atoms with Crippen LogP contribution in [0.4, 0.5) is 15.9 Å². The highest BCUT2D eigenvalue weighted by Gasteiger charge is 2.35. The van der Waals surface area contributed by atoms with E-state index < -0.39 is 6.04 Å². The SMILES string of the molecule is Cc1ccc(Cl)cc1NC(=O)CC1C(=O)Nc2c(-c3ccc(F)cc3)cnn21. The number of carbonyl (C=O) groups is 2. The molecule has 0 radical (unpaired) electrons. The number of fused-ring (bicyclic) bond motifs is 1. The van der Waals surface area contributed by atoms with Crippen molar-refractivity contribution in [2.75, 3.05) is 10.6 Å². The van der Waals surface area contributed by atoms with Gasteiger partial charge < -0.3 is 10.6 Å². The van der Waals surface area contributed by atoms with Crippen molar-refractivity contribution in [1.82, 2.24) is 9.78 Å². The van der Waals surface area contributed by atoms with Gasteiger partial charge in [-0.1, -0.05) is 29.8 Å². The molecule has 0 bridgehead atoms. The van der Waals surface area contributed by atoms with Crippen LogP contribution in [-0.2, 0) is 9.59 Å². The first-order chi connectivity index (χ1) is 13.4. The molecule has 0 saturated carbocycles. The zero-order valence-electron chi connectivity index (χ0n) is 14.9. The summed E-state index contributed by atoms with van der Waals surface area (Å²) in [7, 11) is 0. The van der Waals surface area contributed by atoms with Crippen LogP contribution in [0.5, 0.6) is 0 Å². The summed E-state index contributed by atoms with van der Waals surface area (Å²) in [6, 6.07) is 10.4. The normalized spacial score (nSPS) is 15.2. The maximum Gasteiger partial charge on any atom is 0.251 e. The second-order valence-corrected chi connectivity index (χ2v) is 7.01. The molecule has 3 aromatic rings. The lowest BCUT2D eigenvalue weighted by Crippen LogP contribution is -2.23. The Labute approximate surface area is 165 Å². The van der Waals surface area contributed by atoms with Gasteiger partial charge in [-0.2, -0.15) is 5.10 Å². The summed E-state index contributed by atoms with van der Waals surface area (Å²) in [5.74, 6) is -0.488. The van der Waals surface area contributed by atoms with Gasteiger partial charge in [0.1, 0.15) is 17.7 Å². The first-order valence-corrected chi connectivity index (χ1v) is 9.00. The number of amides is 2. The van der Waals surface area contributed by atoms with Crippen molar-refractivity contribution in [3.63, 3.8) is 0 Å². The van der Waals surface area contributed by atoms with Crippen LogP contribution in [0.1, 0.15) is 18.0 Å². The third kappa shape index (κ3) is 3.36. The largest absolute Gasteiger partial charge is 0.326 e. The summed E-state index contributed by atoms with van der Waals surface area (Å²) in [5.41, 5.74) is 2.86. The summed E-state index contributed by atoms with van der Waals surface area (Å²) in [6.45, 7) is 1.86. The van der Waals surface area contributed by atoms with Crippen LogP contribution in [0.2, 0.25) is 5.02 Å². The van der Waals surface area contributed by atoms with E-state index in [9.17, 15) is 14.0 Å². The summed E-state index contributed by atoms with van der Waals surface area (Å²) in [4.78, 5) is 24.9. The minimum absolute atomic E-state index is 0.0741. The molecule has 1 aromatic heterocycles. The molecule has 0 saturated heterocycles. The third-order valence-corrected chi connectivity index (χ3v) is 4.88. The van der Waals surface area contributed by atoms with Gasteiger partial charge in [0.2, 0.25) is 5.91 Å². The standard InChI is InChI=1S/C20H16ClFN4O2/c1-11-2-5-13(21)8-16(11)24-18(27)9-17-20(28)25-19-15(10-23-26(17)19)12-3-6-14(22)7-4-12/h2-8,10,17H,9H2,1H3,(H,24,27)(H,25,28). The molecule has 2 N–H and O–H groups in total. The zero-order chi connectivity index (χ0) is 19.8. The maximum atomic E-state index is 13.2. The number of hydrogen-bond donors (Lipinski definition) is 2. The number of aryl methyl sites for hydroxylation is 1. The quantitative estimate of drug-likeness (QED) is 0.692. The summed E-state index contributed by atoms with van der Waals surface area (Å²) < 4.78 is 14.7. The van der Waals surface area contributed by atoms with Crippen molar-refractivity contribution in [2.45, 2.75) is 19.4 Å². The van der Waals surface area contributed by atoms with E-state index in [1.807, 2.05) is 6.92 Å². The van der Waals surface area contributed by atoms with E-state index in [4.69, 9.17) is 11.6 Å². The van der Waals surface area contributed by atoms with E-state index in [2.05, 4.69) is 15.7 Å². The van der Waals surface area contributed by atoms with Crippen molar-refractivity contribution in [3.8, 4) is 11.1 Å². The Hall–Kier alpha value is -3.19. The van der Waals surface area contributed by atoms with Gasteiger partial charge in [-0.3, -0.25) is 9.59 Å². The number of nitrogens with one attached hydrogen (secondary N) is 2. The second-order valence-electron chi connectivity index (χ2n) is 6.57. The molecule has 0 spiro atoms. The average Bonchev–Trinajstić information content (AvgIpc) is 3.19. The van der Waals surface area contributed by atoms with Crippen LogP contribution in [0.3, 0.4) is 0 Å². The fourth-order valence-corrected chi connectivity index (χ4v) is 3.33. The Bertz CT molecular complexity index is 1080. The molecule has 6 nitrogen and oxygen atoms in total. The molecule has 0 aliphatic carbocycles. The van der Waals surface area contributed by atoms with Crippen molar-refractivity contribution < 1.29 is 14.0 Å². The highest BCUT2D eigenvalue weighted by molar-refractivity contribution is 6.31. The minimum atomic E-state index is -0.760. The topological polar surface area (TPSA) is 76.0 Å². The predicted molar refractivity (Wildman–Crippen MR) is 105 cm³/mol. The van der Waals surface area contributed by atoms with Gasteiger partial charge >= 0.3 is 0 Å². The first-order valence-electron chi connectivity index (χ1n) is 8.62. The molecule has 0 fully saturated rings. The second kappa shape index (κ2) is 7.09. The molecule has 2 amide bonds. The van der Waals surface area contributed by atoms with Crippen molar-refractivity contribution in [1.29, 1.82) is 0 Å². The molecule has 1 aliphatic rings. The highest BCUT2D eigenvalue weighted by atomic mass is 35.5. The number of rotatable bonds is 4. The fourth-order valence-electron chi connectivity index (χ4n) is 3.16. The van der Waals surface area contributed by atoms with E-state index in [0.29, 0.717) is 22.1 Å². The molecular weight excluding hydrogens is 383 g/mol. The Morgan fingerprint density at radius 3 is 2.79 bits per heavy atom. The van der Waals surface area contributed by atoms with E-state index in [1.165, 1.54) is 16.8 Å². The van der Waals surface area contributed by atoms with E-state index in [1.54, 1.807) is 36.5 Å². The third-order valence-electron chi connectivity index (χ3n) is 4.64. The Morgan fingerprint density at radius 1 is 1.29 bits per heavy atom. The lowest BCUT2D eigenvalue weighted by molar-refractivity contribution is -0.123. The molecule has 1 aliphatic heterocycles. The number of anilines is 2. The molecule has 1 atom stereocenters. The molecule has 28 heavy (non-hydrogen) atoms. The molecule has 2 heterocycles. The summed E-state index contributed by atoms with van der Waals surface area (Å²) in [5, 5.41) is 10.3. The smallest absolute Gasteiger partial charge is 0.251 e. The summed E-state index contributed by atoms with van der Waals surface area (Å²) >= 11 is 5.98. The number of carbonyl (C=O) groups excluding carboxylic acids is 2. The van der Waals surface area contributed by atoms with Crippen molar-refractivity contribution in [3.05, 3.63) is 65.1 Å². The molecule has 1 unspecified atom stereocenters. The van der Waals surface area contributed by atoms with Crippen LogP contribution in [0.25, 0.3) is 11.1 Å². The number of benzene rings is 2. The van der Waals surface area contributed by atoms with Gasteiger partial charge in [-0.25, -0.2) is 9.07 Å². The molecule has 8 heteroatoms. The molecule has 4 rings (SSSR count). The number of halogens is 2. The van der Waals surface area contributed by atoms with Crippen LogP contribution in [-0.4, -0.2) is 21.6 Å². The molecule has 142 valence electrons. The van der Waals surface area contributed by atoms with Gasteiger partial charge in [-0.05, 0) is 42.3 Å². The van der Waals surface area contributed by atoms with E-state index in [0.717, 1.165) is 11.1 Å². The Balaban J connectivity index is 1.54. The van der Waals surface area contributed by atoms with Crippen molar-refractivity contribution >= 4 is 34.9 Å². The van der Waals surface area contributed by atoms with Crippen LogP contribution in [0.15, 0.2) is 48.7 Å². The molecule has 2 aromatic carbocycles. The van der Waals surface area contributed by atoms with Gasteiger partial charge in [-0.15, -0.1) is 0 Å². The first kappa shape index (κ1) is 18.2. The lowest BCUT2D eigenvalue weighted by Gasteiger charge is -2.11. The van der Waals surface area contributed by atoms with Gasteiger partial charge in [0.05, 0.1) is 12.6 Å². The molecular formula is C20H16ClFN4O2. The highest BCUT2D eigenvalue weighted by Crippen LogP contribution is 2.35. The predicted octanol–water partition coefficient (Wildman–Crippen LogP) is 4.17. The maximum absolute atomic E-state index is 13.2. The zero-order valence-corrected chi connectivity index (χ0v) is 15.6. The van der Waals surface area contributed by atoms with Crippen LogP contribution in [0, 0.1) is 12.7 Å². The monoisotopic (exact) mass is 398 g/mol. The summed E-state index contributed by atoms with van der Waals surface area (Å²) in [6.07, 6.45) is 1.52. The van der Waals surface area contributed by atoms with Crippen molar-refractivity contribution in [2.24, 2.45) is 0 Å². The number of aromatic nitrogens is 2. The minimum Gasteiger partial charge on any atom is -0.326 e. The van der Waals surface area contributed by atoms with Gasteiger partial charge in [0, 0.05) is 16.3 Å². The van der Waals surface area contributed by atoms with E-state index >= 15 is 0 Å². The van der Waals surface area contributed by atoms with Gasteiger partial charge in [0.15, 0.2) is 0 Å². The van der Waals surface area contributed by atoms with Crippen LogP contribution >= 0.6 is 11.6 Å². The van der Waals surface area contributed by atoms with Gasteiger partial charge in [0.25, 0.3) is 5.91 Å². The Morgan fingerprint density at radius 2 is 2.04 bits per heavy atom.